The van der Waals surface area contributed by atoms with Crippen molar-refractivity contribution in [1.82, 2.24) is 0 Å². The maximum absolute atomic E-state index is 11.5. The van der Waals surface area contributed by atoms with Crippen LogP contribution in [0.25, 0.3) is 0 Å². The Morgan fingerprint density at radius 3 is 2.65 bits per heavy atom. The number of aliphatic carboxylic acids is 1. The van der Waals surface area contributed by atoms with Crippen molar-refractivity contribution in [3.63, 3.8) is 0 Å². The third kappa shape index (κ3) is 4.14. The van der Waals surface area contributed by atoms with Crippen LogP contribution in [0.15, 0.2) is 18.2 Å². The summed E-state index contributed by atoms with van der Waals surface area (Å²) in [4.78, 5) is 21.8. The third-order valence-electron chi connectivity index (χ3n) is 2.19. The molecule has 0 aromatic heterocycles. The molecule has 0 heterocycles. The first-order chi connectivity index (χ1) is 8.02. The van der Waals surface area contributed by atoms with E-state index in [1.807, 2.05) is 13.0 Å². The van der Waals surface area contributed by atoms with Crippen LogP contribution in [0.5, 0.6) is 5.75 Å². The Hall–Kier alpha value is -2.04. The molecule has 0 spiro atoms. The molecule has 1 aromatic carbocycles. The van der Waals surface area contributed by atoms with Gasteiger partial charge in [0.2, 0.25) is 5.91 Å². The van der Waals surface area contributed by atoms with Gasteiger partial charge in [-0.25, -0.2) is 0 Å². The monoisotopic (exact) mass is 237 g/mol. The lowest BCUT2D eigenvalue weighted by Crippen LogP contribution is -2.13. The van der Waals surface area contributed by atoms with Gasteiger partial charge < -0.3 is 15.2 Å². The van der Waals surface area contributed by atoms with Gasteiger partial charge in [-0.1, -0.05) is 6.07 Å². The summed E-state index contributed by atoms with van der Waals surface area (Å²) in [6.07, 6.45) is -0.230. The molecule has 17 heavy (non-hydrogen) atoms. The Morgan fingerprint density at radius 2 is 2.06 bits per heavy atom. The number of anilines is 1. The molecule has 0 saturated carbocycles. The number of amides is 1. The molecule has 2 N–H and O–H groups in total. The second kappa shape index (κ2) is 5.89. The zero-order chi connectivity index (χ0) is 12.8. The van der Waals surface area contributed by atoms with Gasteiger partial charge in [-0.2, -0.15) is 0 Å². The van der Waals surface area contributed by atoms with E-state index in [0.717, 1.165) is 5.56 Å². The van der Waals surface area contributed by atoms with Crippen molar-refractivity contribution < 1.29 is 19.4 Å². The fourth-order valence-corrected chi connectivity index (χ4v) is 1.35. The topological polar surface area (TPSA) is 75.6 Å². The maximum atomic E-state index is 11.5. The van der Waals surface area contributed by atoms with Gasteiger partial charge in [-0.15, -0.1) is 0 Å². The molecule has 1 rings (SSSR count). The standard InChI is InChI=1S/C12H15NO4/c1-8-3-4-10(17-2)9(7-8)13-11(14)5-6-12(15)16/h3-4,7H,5-6H2,1-2H3,(H,13,14)(H,15,16). The lowest BCUT2D eigenvalue weighted by Gasteiger charge is -2.10. The summed E-state index contributed by atoms with van der Waals surface area (Å²) in [6, 6.07) is 5.39. The highest BCUT2D eigenvalue weighted by atomic mass is 16.5. The minimum atomic E-state index is -0.989. The quantitative estimate of drug-likeness (QED) is 0.818. The summed E-state index contributed by atoms with van der Waals surface area (Å²) in [7, 11) is 1.51. The van der Waals surface area contributed by atoms with E-state index in [2.05, 4.69) is 5.32 Å². The number of rotatable bonds is 5. The van der Waals surface area contributed by atoms with Crippen LogP contribution in [-0.4, -0.2) is 24.1 Å². The van der Waals surface area contributed by atoms with Crippen LogP contribution in [0, 0.1) is 6.92 Å². The number of hydrogen-bond acceptors (Lipinski definition) is 3. The fourth-order valence-electron chi connectivity index (χ4n) is 1.35. The summed E-state index contributed by atoms with van der Waals surface area (Å²) < 4.78 is 5.10. The van der Waals surface area contributed by atoms with E-state index < -0.39 is 5.97 Å². The van der Waals surface area contributed by atoms with Gasteiger partial charge in [-0.3, -0.25) is 9.59 Å². The van der Waals surface area contributed by atoms with Crippen molar-refractivity contribution in [3.05, 3.63) is 23.8 Å². The smallest absolute Gasteiger partial charge is 0.303 e. The number of benzene rings is 1. The summed E-state index contributed by atoms with van der Waals surface area (Å²) >= 11 is 0. The summed E-state index contributed by atoms with van der Waals surface area (Å²) in [5.74, 6) is -0.771. The van der Waals surface area contributed by atoms with Crippen molar-refractivity contribution in [3.8, 4) is 5.75 Å². The molecular formula is C12H15NO4. The SMILES string of the molecule is COc1ccc(C)cc1NC(=O)CCC(=O)O. The van der Waals surface area contributed by atoms with Crippen molar-refractivity contribution in [2.24, 2.45) is 0 Å². The van der Waals surface area contributed by atoms with E-state index in [1.54, 1.807) is 12.1 Å². The molecule has 0 fully saturated rings. The molecule has 92 valence electrons. The second-order valence-electron chi connectivity index (χ2n) is 3.65. The Kier molecular flexibility index (Phi) is 4.51. The van der Waals surface area contributed by atoms with E-state index >= 15 is 0 Å². The van der Waals surface area contributed by atoms with Gasteiger partial charge in [0.05, 0.1) is 19.2 Å². The molecule has 0 bridgehead atoms. The Balaban J connectivity index is 2.69. The largest absolute Gasteiger partial charge is 0.495 e. The van der Waals surface area contributed by atoms with Crippen molar-refractivity contribution in [2.75, 3.05) is 12.4 Å². The van der Waals surface area contributed by atoms with Crippen molar-refractivity contribution in [2.45, 2.75) is 19.8 Å². The highest BCUT2D eigenvalue weighted by Gasteiger charge is 2.09. The maximum Gasteiger partial charge on any atom is 0.303 e. The van der Waals surface area contributed by atoms with E-state index in [0.29, 0.717) is 11.4 Å². The van der Waals surface area contributed by atoms with Crippen LogP contribution in [0.4, 0.5) is 5.69 Å². The van der Waals surface area contributed by atoms with Gasteiger partial charge in [0.25, 0.3) is 0 Å². The molecule has 0 aliphatic rings. The number of aryl methyl sites for hydroxylation is 1. The average Bonchev–Trinajstić information content (AvgIpc) is 2.27. The average molecular weight is 237 g/mol. The van der Waals surface area contributed by atoms with E-state index in [4.69, 9.17) is 9.84 Å². The second-order valence-corrected chi connectivity index (χ2v) is 3.65. The van der Waals surface area contributed by atoms with Gasteiger partial charge in [0, 0.05) is 6.42 Å². The minimum absolute atomic E-state index is 0.0492. The van der Waals surface area contributed by atoms with Crippen LogP contribution >= 0.6 is 0 Å². The molecule has 0 atom stereocenters. The van der Waals surface area contributed by atoms with Gasteiger partial charge in [0.1, 0.15) is 5.75 Å². The molecule has 1 aromatic rings. The van der Waals surface area contributed by atoms with Crippen LogP contribution in [-0.2, 0) is 9.59 Å². The van der Waals surface area contributed by atoms with Gasteiger partial charge in [-0.05, 0) is 24.6 Å². The number of carboxylic acid groups (broad SMARTS) is 1. The molecule has 0 unspecified atom stereocenters. The highest BCUT2D eigenvalue weighted by molar-refractivity contribution is 5.93. The number of carbonyl (C=O) groups excluding carboxylic acids is 1. The number of nitrogens with one attached hydrogen (secondary N) is 1. The molecule has 0 radical (unpaired) electrons. The molecule has 0 saturated heterocycles. The van der Waals surface area contributed by atoms with Crippen LogP contribution < -0.4 is 10.1 Å². The molecule has 0 aliphatic carbocycles. The van der Waals surface area contributed by atoms with E-state index in [1.165, 1.54) is 7.11 Å². The number of carboxylic acids is 1. The zero-order valence-electron chi connectivity index (χ0n) is 9.82. The van der Waals surface area contributed by atoms with Gasteiger partial charge >= 0.3 is 5.97 Å². The predicted molar refractivity (Wildman–Crippen MR) is 63.2 cm³/mol. The molecule has 5 nitrogen and oxygen atoms in total. The lowest BCUT2D eigenvalue weighted by atomic mass is 10.2. The normalized spacial score (nSPS) is 9.76. The fraction of sp³-hybridized carbons (Fsp3) is 0.333. The Bertz CT molecular complexity index is 429. The molecule has 0 aliphatic heterocycles. The third-order valence-corrected chi connectivity index (χ3v) is 2.19. The Morgan fingerprint density at radius 1 is 1.35 bits per heavy atom. The first kappa shape index (κ1) is 13.0. The first-order valence-corrected chi connectivity index (χ1v) is 5.19. The molecular weight excluding hydrogens is 222 g/mol. The van der Waals surface area contributed by atoms with E-state index in [-0.39, 0.29) is 18.7 Å². The van der Waals surface area contributed by atoms with Crippen LogP contribution in [0.1, 0.15) is 18.4 Å². The zero-order valence-corrected chi connectivity index (χ0v) is 9.82. The summed E-state index contributed by atoms with van der Waals surface area (Å²) in [5.41, 5.74) is 1.54. The number of methoxy groups -OCH3 is 1. The minimum Gasteiger partial charge on any atom is -0.495 e. The van der Waals surface area contributed by atoms with Crippen molar-refractivity contribution >= 4 is 17.6 Å². The number of carbonyl (C=O) groups is 2. The van der Waals surface area contributed by atoms with E-state index in [9.17, 15) is 9.59 Å². The molecule has 1 amide bonds. The number of hydrogen-bond donors (Lipinski definition) is 2. The molecule has 5 heteroatoms. The van der Waals surface area contributed by atoms with Gasteiger partial charge in [0.15, 0.2) is 0 Å². The predicted octanol–water partition coefficient (Wildman–Crippen LogP) is 1.81. The summed E-state index contributed by atoms with van der Waals surface area (Å²) in [6.45, 7) is 1.90. The van der Waals surface area contributed by atoms with Crippen LogP contribution in [0.2, 0.25) is 0 Å². The highest BCUT2D eigenvalue weighted by Crippen LogP contribution is 2.25. The van der Waals surface area contributed by atoms with Crippen molar-refractivity contribution in [1.29, 1.82) is 0 Å². The first-order valence-electron chi connectivity index (χ1n) is 5.19. The number of ether oxygens (including phenoxy) is 1. The Labute approximate surface area is 99.4 Å². The lowest BCUT2D eigenvalue weighted by molar-refractivity contribution is -0.138. The van der Waals surface area contributed by atoms with Crippen LogP contribution in [0.3, 0.4) is 0 Å². The summed E-state index contributed by atoms with van der Waals surface area (Å²) in [5, 5.41) is 11.1.